The Morgan fingerprint density at radius 2 is 2.00 bits per heavy atom. The monoisotopic (exact) mass is 273 g/mol. The van der Waals surface area contributed by atoms with Gasteiger partial charge in [-0.3, -0.25) is 4.57 Å². The number of hydrogen-bond acceptors (Lipinski definition) is 1. The molecule has 0 N–H and O–H groups in total. The highest BCUT2D eigenvalue weighted by Gasteiger charge is 2.25. The molecule has 0 amide bonds. The maximum atomic E-state index is 4.44. The lowest BCUT2D eigenvalue weighted by atomic mass is 9.85. The molecule has 2 aromatic carbocycles. The number of aromatic nitrogens is 2. The number of benzene rings is 2. The third-order valence-electron chi connectivity index (χ3n) is 4.23. The van der Waals surface area contributed by atoms with Gasteiger partial charge in [-0.1, -0.05) is 30.3 Å². The molecule has 4 heteroatoms. The van der Waals surface area contributed by atoms with E-state index in [0.717, 1.165) is 6.32 Å². The van der Waals surface area contributed by atoms with E-state index in [1.54, 1.807) is 0 Å². The fraction of sp³-hybridized carbons (Fsp3) is 0.176. The summed E-state index contributed by atoms with van der Waals surface area (Å²) in [5, 5.41) is 0. The molecule has 0 bridgehead atoms. The molecule has 1 aliphatic rings. The molecule has 0 aliphatic carbocycles. The van der Waals surface area contributed by atoms with E-state index in [0.29, 0.717) is 0 Å². The summed E-state index contributed by atoms with van der Waals surface area (Å²) in [5.41, 5.74) is 6.34. The molecule has 1 aromatic heterocycles. The summed E-state index contributed by atoms with van der Waals surface area (Å²) >= 11 is 0. The predicted molar refractivity (Wildman–Crippen MR) is 86.6 cm³/mol. The number of para-hydroxylation sites is 1. The van der Waals surface area contributed by atoms with Crippen LogP contribution < -0.4 is 4.57 Å². The minimum absolute atomic E-state index is 0.880. The quantitative estimate of drug-likeness (QED) is 0.480. The summed E-state index contributed by atoms with van der Waals surface area (Å²) < 4.78 is 4.48. The Hall–Kier alpha value is -2.36. The zero-order valence-corrected chi connectivity index (χ0v) is 12.2. The lowest BCUT2D eigenvalue weighted by molar-refractivity contribution is -0.504. The molecule has 0 spiro atoms. The van der Waals surface area contributed by atoms with Crippen LogP contribution in [0.3, 0.4) is 0 Å². The number of hydrogen-bond donors (Lipinski definition) is 0. The molecule has 101 valence electrons. The van der Waals surface area contributed by atoms with E-state index in [1.807, 2.05) is 13.8 Å². The summed E-state index contributed by atoms with van der Waals surface area (Å²) in [6.45, 7) is 2.15. The summed E-state index contributed by atoms with van der Waals surface area (Å²) in [5.74, 6) is 1.18. The van der Waals surface area contributed by atoms with Crippen molar-refractivity contribution in [3.8, 4) is 11.4 Å². The minimum atomic E-state index is 0.880. The minimum Gasteiger partial charge on any atom is -0.258 e. The third kappa shape index (κ3) is 1.75. The molecule has 21 heavy (non-hydrogen) atoms. The Morgan fingerprint density at radius 1 is 1.14 bits per heavy atom. The molecular weight excluding hydrogens is 257 g/mol. The first-order valence-corrected chi connectivity index (χ1v) is 7.20. The maximum Gasteiger partial charge on any atom is 0.396 e. The zero-order chi connectivity index (χ0) is 14.4. The van der Waals surface area contributed by atoms with Crippen LogP contribution in [-0.4, -0.2) is 18.3 Å². The first-order chi connectivity index (χ1) is 10.3. The number of rotatable bonds is 1. The molecule has 3 nitrogen and oxygen atoms in total. The average Bonchev–Trinajstić information content (AvgIpc) is 2.66. The van der Waals surface area contributed by atoms with Gasteiger partial charge in [0.1, 0.15) is 11.0 Å². The van der Waals surface area contributed by atoms with Crippen molar-refractivity contribution in [2.24, 2.45) is 12.0 Å². The zero-order valence-electron chi connectivity index (χ0n) is 12.2. The van der Waals surface area contributed by atoms with Gasteiger partial charge in [0.2, 0.25) is 12.2 Å². The lowest BCUT2D eigenvalue weighted by Crippen LogP contribution is -2.35. The van der Waals surface area contributed by atoms with E-state index in [9.17, 15) is 0 Å². The van der Waals surface area contributed by atoms with Crippen LogP contribution in [-0.2, 0) is 13.4 Å². The highest BCUT2D eigenvalue weighted by atomic mass is 15.2. The van der Waals surface area contributed by atoms with Crippen LogP contribution in [0.1, 0.15) is 11.1 Å². The number of nitrogens with zero attached hydrogens (tertiary/aromatic N) is 3. The van der Waals surface area contributed by atoms with Crippen LogP contribution in [0.2, 0.25) is 0 Å². The number of imidazole rings is 1. The van der Waals surface area contributed by atoms with Crippen LogP contribution in [0.5, 0.6) is 0 Å². The lowest BCUT2D eigenvalue weighted by Gasteiger charge is -2.04. The second-order valence-corrected chi connectivity index (χ2v) is 5.50. The fourth-order valence-electron chi connectivity index (χ4n) is 3.18. The molecule has 3 aromatic rings. The van der Waals surface area contributed by atoms with Crippen molar-refractivity contribution in [2.45, 2.75) is 13.2 Å². The fourth-order valence-corrected chi connectivity index (χ4v) is 3.18. The molecule has 0 atom stereocenters. The molecule has 4 rings (SSSR count). The van der Waals surface area contributed by atoms with Crippen molar-refractivity contribution >= 4 is 24.8 Å². The van der Waals surface area contributed by atoms with E-state index in [-0.39, 0.29) is 0 Å². The van der Waals surface area contributed by atoms with Gasteiger partial charge in [0.15, 0.2) is 0 Å². The second kappa shape index (κ2) is 4.59. The van der Waals surface area contributed by atoms with Crippen LogP contribution in [0.4, 0.5) is 0 Å². The molecule has 1 radical (unpaired) electrons. The molecule has 0 saturated heterocycles. The van der Waals surface area contributed by atoms with Gasteiger partial charge in [-0.05, 0) is 36.5 Å². The van der Waals surface area contributed by atoms with Crippen LogP contribution in [0, 0.1) is 6.92 Å². The van der Waals surface area contributed by atoms with Gasteiger partial charge in [-0.15, -0.1) is 0 Å². The highest BCUT2D eigenvalue weighted by molar-refractivity contribution is 6.34. The topological polar surface area (TPSA) is 21.2 Å². The highest BCUT2D eigenvalue weighted by Crippen LogP contribution is 2.26. The summed E-state index contributed by atoms with van der Waals surface area (Å²) in [6, 6.07) is 15.0. The van der Waals surface area contributed by atoms with Gasteiger partial charge in [-0.2, -0.15) is 4.57 Å². The molecule has 1 aliphatic heterocycles. The summed E-state index contributed by atoms with van der Waals surface area (Å²) in [6.07, 6.45) is 2.81. The third-order valence-corrected chi connectivity index (χ3v) is 4.23. The van der Waals surface area contributed by atoms with Gasteiger partial charge in [0, 0.05) is 0 Å². The Kier molecular flexibility index (Phi) is 2.71. The standard InChI is InChI=1S/C17H16BN3/c1-12-6-3-4-8-14(12)17-20(2)15-9-5-7-13-10-18-19-11-21(17)16(13)15/h3-9,11H,10H2,1-2H3/q+1. The van der Waals surface area contributed by atoms with Gasteiger partial charge in [-0.25, -0.2) is 4.90 Å². The Balaban J connectivity index is 2.17. The Morgan fingerprint density at radius 3 is 2.86 bits per heavy atom. The maximum absolute atomic E-state index is 4.44. The van der Waals surface area contributed by atoms with Crippen molar-refractivity contribution in [3.05, 3.63) is 53.6 Å². The van der Waals surface area contributed by atoms with Gasteiger partial charge < -0.3 is 0 Å². The van der Waals surface area contributed by atoms with Crippen LogP contribution in [0.25, 0.3) is 22.4 Å². The predicted octanol–water partition coefficient (Wildman–Crippen LogP) is 2.45. The number of aryl methyl sites for hydroxylation is 2. The second-order valence-electron chi connectivity index (χ2n) is 5.50. The van der Waals surface area contributed by atoms with E-state index in [4.69, 9.17) is 0 Å². The average molecular weight is 273 g/mol. The first-order valence-electron chi connectivity index (χ1n) is 7.20. The largest absolute Gasteiger partial charge is 0.396 e. The van der Waals surface area contributed by atoms with E-state index in [1.165, 1.54) is 33.5 Å². The van der Waals surface area contributed by atoms with Crippen molar-refractivity contribution in [2.75, 3.05) is 0 Å². The first kappa shape index (κ1) is 12.4. The Labute approximate surface area is 124 Å². The molecule has 0 saturated carbocycles. The molecule has 0 unspecified atom stereocenters. The van der Waals surface area contributed by atoms with Crippen molar-refractivity contribution in [1.29, 1.82) is 0 Å². The summed E-state index contributed by atoms with van der Waals surface area (Å²) in [4.78, 5) is 4.44. The van der Waals surface area contributed by atoms with Crippen LogP contribution >= 0.6 is 0 Å². The van der Waals surface area contributed by atoms with Gasteiger partial charge in [0.05, 0.1) is 12.6 Å². The normalized spacial score (nSPS) is 13.2. The van der Waals surface area contributed by atoms with E-state index < -0.39 is 0 Å². The van der Waals surface area contributed by atoms with Crippen molar-refractivity contribution in [1.82, 2.24) is 4.57 Å². The molecular formula is C17H16BN3+. The van der Waals surface area contributed by atoms with Crippen molar-refractivity contribution < 1.29 is 4.57 Å². The molecule has 0 fully saturated rings. The smallest absolute Gasteiger partial charge is 0.258 e. The molecule has 2 heterocycles. The summed E-state index contributed by atoms with van der Waals surface area (Å²) in [7, 11) is 4.10. The SMILES string of the molecule is Cc1ccccc1-c1n(C)c2cccc3c2[n+]1C=N[B]C3. The van der Waals surface area contributed by atoms with Crippen molar-refractivity contribution in [3.63, 3.8) is 0 Å². The van der Waals surface area contributed by atoms with Crippen LogP contribution in [0.15, 0.2) is 47.4 Å². The van der Waals surface area contributed by atoms with Gasteiger partial charge >= 0.3 is 7.41 Å². The van der Waals surface area contributed by atoms with E-state index in [2.05, 4.69) is 70.5 Å². The van der Waals surface area contributed by atoms with E-state index >= 15 is 0 Å². The Bertz CT molecular complexity index is 877. The van der Waals surface area contributed by atoms with Gasteiger partial charge in [0.25, 0.3) is 0 Å².